The lowest BCUT2D eigenvalue weighted by Crippen LogP contribution is -2.11. The van der Waals surface area contributed by atoms with Gasteiger partial charge < -0.3 is 4.57 Å². The third-order valence-corrected chi connectivity index (χ3v) is 4.40. The van der Waals surface area contributed by atoms with Crippen LogP contribution in [0.2, 0.25) is 5.02 Å². The van der Waals surface area contributed by atoms with Crippen LogP contribution in [0.25, 0.3) is 11.2 Å². The van der Waals surface area contributed by atoms with Crippen molar-refractivity contribution in [3.8, 4) is 0 Å². The van der Waals surface area contributed by atoms with Gasteiger partial charge in [-0.15, -0.1) is 11.6 Å². The fourth-order valence-corrected chi connectivity index (χ4v) is 3.35. The quantitative estimate of drug-likeness (QED) is 0.630. The summed E-state index contributed by atoms with van der Waals surface area (Å²) >= 11 is 14.0. The third kappa shape index (κ3) is 2.32. The van der Waals surface area contributed by atoms with E-state index in [1.54, 1.807) is 17.5 Å². The van der Waals surface area contributed by atoms with E-state index in [0.717, 1.165) is 17.0 Å². The number of hydrogen-bond donors (Lipinski definition) is 0. The van der Waals surface area contributed by atoms with Gasteiger partial charge in [-0.05, 0) is 42.3 Å². The van der Waals surface area contributed by atoms with Crippen molar-refractivity contribution in [2.75, 3.05) is 0 Å². The zero-order chi connectivity index (χ0) is 14.3. The molecule has 0 fully saturated rings. The second-order valence-corrected chi connectivity index (χ2v) is 6.56. The van der Waals surface area contributed by atoms with Crippen LogP contribution in [0.15, 0.2) is 29.1 Å². The molecule has 3 nitrogen and oxygen atoms in total. The predicted octanol–water partition coefficient (Wildman–Crippen LogP) is 5.06. The number of alkyl halides is 1. The summed E-state index contributed by atoms with van der Waals surface area (Å²) in [4.78, 5) is 9.02. The molecule has 20 heavy (non-hydrogen) atoms. The molecule has 3 rings (SSSR count). The molecule has 0 spiro atoms. The van der Waals surface area contributed by atoms with Crippen LogP contribution < -0.4 is 0 Å². The maximum Gasteiger partial charge on any atom is 0.160 e. The second-order valence-electron chi connectivity index (χ2n) is 4.68. The highest BCUT2D eigenvalue weighted by Gasteiger charge is 2.21. The van der Waals surface area contributed by atoms with Gasteiger partial charge in [0.2, 0.25) is 0 Å². The maximum absolute atomic E-state index is 6.28. The van der Waals surface area contributed by atoms with Crippen molar-refractivity contribution in [3.05, 3.63) is 45.5 Å². The molecule has 0 aromatic carbocycles. The van der Waals surface area contributed by atoms with E-state index in [1.165, 1.54) is 5.56 Å². The molecule has 0 saturated heterocycles. The first-order valence-electron chi connectivity index (χ1n) is 6.27. The van der Waals surface area contributed by atoms with E-state index in [9.17, 15) is 0 Å². The first kappa shape index (κ1) is 13.9. The van der Waals surface area contributed by atoms with Crippen molar-refractivity contribution in [1.82, 2.24) is 14.5 Å². The van der Waals surface area contributed by atoms with E-state index < -0.39 is 0 Å². The molecule has 0 amide bonds. The number of fused-ring (bicyclic) bond motifs is 1. The largest absolute Gasteiger partial charge is 0.304 e. The maximum atomic E-state index is 6.28. The van der Waals surface area contributed by atoms with Crippen molar-refractivity contribution in [2.24, 2.45) is 0 Å². The first-order chi connectivity index (χ1) is 9.58. The molecule has 0 radical (unpaired) electrons. The molecule has 0 aliphatic rings. The minimum atomic E-state index is -0.191. The van der Waals surface area contributed by atoms with Gasteiger partial charge in [0.15, 0.2) is 5.65 Å². The fraction of sp³-hybridized carbons (Fsp3) is 0.286. The summed E-state index contributed by atoms with van der Waals surface area (Å²) in [6.45, 7) is 4.05. The molecule has 0 aliphatic heterocycles. The van der Waals surface area contributed by atoms with Crippen molar-refractivity contribution in [1.29, 1.82) is 0 Å². The van der Waals surface area contributed by atoms with Gasteiger partial charge >= 0.3 is 0 Å². The summed E-state index contributed by atoms with van der Waals surface area (Å²) in [7, 11) is 0. The number of pyridine rings is 1. The monoisotopic (exact) mass is 325 g/mol. The Balaban J connectivity index is 2.24. The summed E-state index contributed by atoms with van der Waals surface area (Å²) in [6, 6.07) is 4.07. The third-order valence-electron chi connectivity index (χ3n) is 3.29. The van der Waals surface area contributed by atoms with Gasteiger partial charge in [0.1, 0.15) is 11.3 Å². The van der Waals surface area contributed by atoms with E-state index in [2.05, 4.69) is 38.3 Å². The lowest BCUT2D eigenvalue weighted by molar-refractivity contribution is 0.616. The average Bonchev–Trinajstić information content (AvgIpc) is 3.04. The Morgan fingerprint density at radius 3 is 2.80 bits per heavy atom. The van der Waals surface area contributed by atoms with Crippen molar-refractivity contribution < 1.29 is 0 Å². The van der Waals surface area contributed by atoms with Crippen molar-refractivity contribution >= 4 is 45.7 Å². The molecule has 2 atom stereocenters. The fourth-order valence-electron chi connectivity index (χ4n) is 2.30. The van der Waals surface area contributed by atoms with Crippen molar-refractivity contribution in [2.45, 2.75) is 25.3 Å². The van der Waals surface area contributed by atoms with Crippen LogP contribution in [0.5, 0.6) is 0 Å². The second kappa shape index (κ2) is 5.35. The summed E-state index contributed by atoms with van der Waals surface area (Å²) in [6.07, 6.45) is 1.64. The minimum Gasteiger partial charge on any atom is -0.304 e. The zero-order valence-electron chi connectivity index (χ0n) is 11.0. The van der Waals surface area contributed by atoms with Crippen LogP contribution >= 0.6 is 34.5 Å². The topological polar surface area (TPSA) is 30.7 Å². The van der Waals surface area contributed by atoms with E-state index in [-0.39, 0.29) is 11.4 Å². The Morgan fingerprint density at radius 1 is 1.35 bits per heavy atom. The lowest BCUT2D eigenvalue weighted by Gasteiger charge is -2.17. The van der Waals surface area contributed by atoms with Crippen LogP contribution in [-0.2, 0) is 0 Å². The van der Waals surface area contributed by atoms with Gasteiger partial charge in [-0.2, -0.15) is 11.3 Å². The number of thiophene rings is 1. The molecule has 0 N–H and O–H groups in total. The number of rotatable bonds is 3. The molecule has 3 heterocycles. The van der Waals surface area contributed by atoms with Gasteiger partial charge in [0.05, 0.1) is 16.4 Å². The van der Waals surface area contributed by atoms with E-state index >= 15 is 0 Å². The zero-order valence-corrected chi connectivity index (χ0v) is 13.4. The van der Waals surface area contributed by atoms with Crippen molar-refractivity contribution in [3.63, 3.8) is 0 Å². The van der Waals surface area contributed by atoms with E-state index in [0.29, 0.717) is 5.02 Å². The molecule has 0 saturated carbocycles. The first-order valence-corrected chi connectivity index (χ1v) is 8.03. The van der Waals surface area contributed by atoms with Crippen LogP contribution in [0.4, 0.5) is 0 Å². The highest BCUT2D eigenvalue weighted by molar-refractivity contribution is 7.07. The molecule has 104 valence electrons. The Hall–Kier alpha value is -1.10. The Bertz CT molecular complexity index is 734. The Morgan fingerprint density at radius 2 is 2.15 bits per heavy atom. The Kier molecular flexibility index (Phi) is 3.71. The van der Waals surface area contributed by atoms with Crippen LogP contribution in [0.3, 0.4) is 0 Å². The molecule has 0 bridgehead atoms. The number of hydrogen-bond acceptors (Lipinski definition) is 3. The summed E-state index contributed by atoms with van der Waals surface area (Å²) < 4.78 is 2.09. The van der Waals surface area contributed by atoms with Gasteiger partial charge in [-0.3, -0.25) is 0 Å². The average molecular weight is 326 g/mol. The molecule has 2 unspecified atom stereocenters. The Labute approximate surface area is 131 Å². The molecule has 6 heteroatoms. The summed E-state index contributed by atoms with van der Waals surface area (Å²) in [5.74, 6) is 0.815. The number of nitrogens with zero attached hydrogens (tertiary/aromatic N) is 3. The molecule has 0 aliphatic carbocycles. The predicted molar refractivity (Wildman–Crippen MR) is 84.9 cm³/mol. The van der Waals surface area contributed by atoms with Gasteiger partial charge in [0.25, 0.3) is 0 Å². The summed E-state index contributed by atoms with van der Waals surface area (Å²) in [5, 5.41) is 4.59. The van der Waals surface area contributed by atoms with Crippen LogP contribution in [0, 0.1) is 0 Å². The number of aromatic nitrogens is 3. The molecule has 3 aromatic rings. The highest BCUT2D eigenvalue weighted by Crippen LogP contribution is 2.31. The van der Waals surface area contributed by atoms with E-state index in [4.69, 9.17) is 23.2 Å². The minimum absolute atomic E-state index is 0.135. The number of halogens is 2. The van der Waals surface area contributed by atoms with Crippen LogP contribution in [-0.4, -0.2) is 14.5 Å². The smallest absolute Gasteiger partial charge is 0.160 e. The summed E-state index contributed by atoms with van der Waals surface area (Å²) in [5.41, 5.74) is 2.82. The lowest BCUT2D eigenvalue weighted by atomic mass is 10.2. The normalized spacial score (nSPS) is 14.6. The molecular weight excluding hydrogens is 313 g/mol. The molecule has 3 aromatic heterocycles. The van der Waals surface area contributed by atoms with E-state index in [1.807, 2.05) is 13.0 Å². The number of imidazole rings is 1. The van der Waals surface area contributed by atoms with Gasteiger partial charge in [-0.25, -0.2) is 9.97 Å². The SMILES string of the molecule is CC(Cl)c1nc2cc(Cl)cnc2n1C(C)c1ccsc1. The van der Waals surface area contributed by atoms with Crippen LogP contribution in [0.1, 0.15) is 36.7 Å². The molecular formula is C14H13Cl2N3S. The standard InChI is InChI=1S/C14H13Cl2N3S/c1-8(15)13-18-12-5-11(16)6-17-14(12)19(13)9(2)10-3-4-20-7-10/h3-9H,1-2H3. The van der Waals surface area contributed by atoms with Gasteiger partial charge in [-0.1, -0.05) is 11.6 Å². The highest BCUT2D eigenvalue weighted by atomic mass is 35.5. The van der Waals surface area contributed by atoms with Gasteiger partial charge in [0, 0.05) is 6.20 Å².